The summed E-state index contributed by atoms with van der Waals surface area (Å²) >= 11 is 2.20. The molecule has 0 saturated heterocycles. The molecule has 1 aliphatic rings. The van der Waals surface area contributed by atoms with Gasteiger partial charge in [-0.05, 0) is 19.3 Å². The molecule has 1 nitrogen and oxygen atoms in total. The lowest BCUT2D eigenvalue weighted by atomic mass is 9.97. The van der Waals surface area contributed by atoms with Crippen LogP contribution in [0.1, 0.15) is 19.3 Å². The number of carbonyl (C=O) groups is 1. The fourth-order valence-electron chi connectivity index (χ4n) is 0.952. The third-order valence-corrected chi connectivity index (χ3v) is 2.67. The molecule has 1 rings (SSSR count). The van der Waals surface area contributed by atoms with E-state index in [-0.39, 0.29) is 3.42 Å². The van der Waals surface area contributed by atoms with E-state index < -0.39 is 0 Å². The van der Waals surface area contributed by atoms with Crippen LogP contribution >= 0.6 is 22.6 Å². The Balaban J connectivity index is 2.67. The highest BCUT2D eigenvalue weighted by Crippen LogP contribution is 2.28. The maximum Gasteiger partial charge on any atom is 0.139 e. The maximum atomic E-state index is 10.4. The highest BCUT2D eigenvalue weighted by Gasteiger charge is 2.23. The maximum absolute atomic E-state index is 10.4. The second-order valence-electron chi connectivity index (χ2n) is 2.34. The molecule has 2 heteroatoms. The Morgan fingerprint density at radius 3 is 2.78 bits per heavy atom. The van der Waals surface area contributed by atoms with Crippen LogP contribution in [-0.2, 0) is 4.79 Å². The Morgan fingerprint density at radius 1 is 1.67 bits per heavy atom. The molecular formula is C7H9IO. The van der Waals surface area contributed by atoms with Crippen molar-refractivity contribution >= 4 is 28.9 Å². The zero-order valence-electron chi connectivity index (χ0n) is 5.14. The first-order valence-corrected chi connectivity index (χ1v) is 4.18. The fraction of sp³-hybridized carbons (Fsp3) is 0.571. The van der Waals surface area contributed by atoms with Gasteiger partial charge in [0.25, 0.3) is 0 Å². The smallest absolute Gasteiger partial charge is 0.139 e. The lowest BCUT2D eigenvalue weighted by Crippen LogP contribution is -2.20. The van der Waals surface area contributed by atoms with E-state index >= 15 is 0 Å². The summed E-state index contributed by atoms with van der Waals surface area (Å²) in [4.78, 5) is 10.4. The molecule has 50 valence electrons. The number of hydrogen-bond donors (Lipinski definition) is 0. The van der Waals surface area contributed by atoms with Crippen LogP contribution in [0.15, 0.2) is 12.2 Å². The van der Waals surface area contributed by atoms with E-state index in [1.165, 1.54) is 0 Å². The van der Waals surface area contributed by atoms with E-state index in [1.54, 1.807) is 0 Å². The molecule has 1 aliphatic carbocycles. The molecule has 0 aliphatic heterocycles. The molecule has 0 aromatic rings. The number of aldehydes is 1. The third-order valence-electron chi connectivity index (χ3n) is 1.52. The monoisotopic (exact) mass is 236 g/mol. The Kier molecular flexibility index (Phi) is 2.27. The molecule has 9 heavy (non-hydrogen) atoms. The molecule has 0 aromatic heterocycles. The highest BCUT2D eigenvalue weighted by molar-refractivity contribution is 14.1. The lowest BCUT2D eigenvalue weighted by Gasteiger charge is -2.19. The summed E-state index contributed by atoms with van der Waals surface area (Å²) in [5.41, 5.74) is 0. The van der Waals surface area contributed by atoms with Crippen LogP contribution < -0.4 is 0 Å². The highest BCUT2D eigenvalue weighted by atomic mass is 127. The average Bonchev–Trinajstić information content (AvgIpc) is 1.90. The molecule has 0 radical (unpaired) electrons. The normalized spacial score (nSPS) is 34.3. The summed E-state index contributed by atoms with van der Waals surface area (Å²) in [5, 5.41) is 0. The second-order valence-corrected chi connectivity index (χ2v) is 4.35. The van der Waals surface area contributed by atoms with E-state index in [2.05, 4.69) is 28.7 Å². The number of hydrogen-bond acceptors (Lipinski definition) is 1. The predicted octanol–water partition coefficient (Wildman–Crippen LogP) is 2.10. The van der Waals surface area contributed by atoms with Crippen LogP contribution in [0.3, 0.4) is 0 Å². The molecule has 0 aromatic carbocycles. The topological polar surface area (TPSA) is 17.1 Å². The summed E-state index contributed by atoms with van der Waals surface area (Å²) in [6.45, 7) is 0. The van der Waals surface area contributed by atoms with Gasteiger partial charge in [-0.3, -0.25) is 0 Å². The van der Waals surface area contributed by atoms with Gasteiger partial charge in [0.1, 0.15) is 6.29 Å². The minimum atomic E-state index is -0.171. The fourth-order valence-corrected chi connectivity index (χ4v) is 1.59. The second kappa shape index (κ2) is 2.82. The zero-order valence-corrected chi connectivity index (χ0v) is 7.30. The van der Waals surface area contributed by atoms with E-state index in [0.717, 1.165) is 25.5 Å². The molecule has 0 N–H and O–H groups in total. The summed E-state index contributed by atoms with van der Waals surface area (Å²) in [6.07, 6.45) is 8.42. The lowest BCUT2D eigenvalue weighted by molar-refractivity contribution is -0.108. The molecule has 1 unspecified atom stereocenters. The van der Waals surface area contributed by atoms with Gasteiger partial charge in [-0.2, -0.15) is 0 Å². The van der Waals surface area contributed by atoms with Crippen molar-refractivity contribution in [2.75, 3.05) is 0 Å². The van der Waals surface area contributed by atoms with E-state index in [9.17, 15) is 4.79 Å². The van der Waals surface area contributed by atoms with Gasteiger partial charge in [0.2, 0.25) is 0 Å². The molecule has 0 amide bonds. The van der Waals surface area contributed by atoms with E-state index in [1.807, 2.05) is 6.08 Å². The molecule has 0 heterocycles. The summed E-state index contributed by atoms with van der Waals surface area (Å²) < 4.78 is -0.171. The minimum absolute atomic E-state index is 0.171. The number of allylic oxidation sites excluding steroid dienone is 2. The Hall–Kier alpha value is 0.140. The zero-order chi connectivity index (χ0) is 6.74. The van der Waals surface area contributed by atoms with Crippen LogP contribution in [0.5, 0.6) is 0 Å². The number of carbonyl (C=O) groups excluding carboxylic acids is 1. The van der Waals surface area contributed by atoms with Gasteiger partial charge in [0.15, 0.2) is 0 Å². The van der Waals surface area contributed by atoms with Crippen molar-refractivity contribution in [3.8, 4) is 0 Å². The van der Waals surface area contributed by atoms with Gasteiger partial charge in [-0.15, -0.1) is 0 Å². The van der Waals surface area contributed by atoms with Gasteiger partial charge in [-0.1, -0.05) is 34.7 Å². The third kappa shape index (κ3) is 1.78. The quantitative estimate of drug-likeness (QED) is 0.295. The number of alkyl halides is 1. The largest absolute Gasteiger partial charge is 0.302 e. The van der Waals surface area contributed by atoms with E-state index in [4.69, 9.17) is 0 Å². The minimum Gasteiger partial charge on any atom is -0.302 e. The Morgan fingerprint density at radius 2 is 2.44 bits per heavy atom. The molecule has 0 spiro atoms. The predicted molar refractivity (Wildman–Crippen MR) is 45.8 cm³/mol. The first-order chi connectivity index (χ1) is 4.27. The average molecular weight is 236 g/mol. The van der Waals surface area contributed by atoms with Crippen molar-refractivity contribution in [2.45, 2.75) is 22.7 Å². The van der Waals surface area contributed by atoms with E-state index in [0.29, 0.717) is 0 Å². The molecule has 0 saturated carbocycles. The van der Waals surface area contributed by atoms with Crippen molar-refractivity contribution < 1.29 is 4.79 Å². The van der Waals surface area contributed by atoms with Crippen LogP contribution in [0.2, 0.25) is 0 Å². The van der Waals surface area contributed by atoms with Crippen molar-refractivity contribution in [1.29, 1.82) is 0 Å². The molecule has 0 fully saturated rings. The molecule has 0 bridgehead atoms. The van der Waals surface area contributed by atoms with Crippen LogP contribution in [-0.4, -0.2) is 9.71 Å². The molecule has 1 atom stereocenters. The van der Waals surface area contributed by atoms with Gasteiger partial charge in [0.05, 0.1) is 3.42 Å². The van der Waals surface area contributed by atoms with Gasteiger partial charge in [0, 0.05) is 0 Å². The number of halogens is 1. The van der Waals surface area contributed by atoms with Gasteiger partial charge >= 0.3 is 0 Å². The Bertz CT molecular complexity index is 142. The summed E-state index contributed by atoms with van der Waals surface area (Å²) in [6, 6.07) is 0. The van der Waals surface area contributed by atoms with Crippen LogP contribution in [0.4, 0.5) is 0 Å². The van der Waals surface area contributed by atoms with Crippen molar-refractivity contribution in [3.05, 3.63) is 12.2 Å². The Labute approximate surface area is 68.7 Å². The molecular weight excluding hydrogens is 227 g/mol. The first-order valence-electron chi connectivity index (χ1n) is 3.10. The van der Waals surface area contributed by atoms with Gasteiger partial charge in [-0.25, -0.2) is 0 Å². The van der Waals surface area contributed by atoms with Crippen molar-refractivity contribution in [1.82, 2.24) is 0 Å². The van der Waals surface area contributed by atoms with Crippen LogP contribution in [0.25, 0.3) is 0 Å². The first kappa shape index (κ1) is 7.25. The number of rotatable bonds is 1. The van der Waals surface area contributed by atoms with Gasteiger partial charge < -0.3 is 4.79 Å². The van der Waals surface area contributed by atoms with Crippen LogP contribution in [0, 0.1) is 0 Å². The summed E-state index contributed by atoms with van der Waals surface area (Å²) in [5.74, 6) is 0. The SMILES string of the molecule is O=CC1(I)C=CCCC1. The standard InChI is InChI=1S/C7H9IO/c8-7(6-9)4-2-1-3-5-7/h2,4,6H,1,3,5H2. The summed E-state index contributed by atoms with van der Waals surface area (Å²) in [7, 11) is 0. The van der Waals surface area contributed by atoms with Crippen molar-refractivity contribution in [3.63, 3.8) is 0 Å². The van der Waals surface area contributed by atoms with Crippen molar-refractivity contribution in [2.24, 2.45) is 0 Å².